The zero-order valence-corrected chi connectivity index (χ0v) is 17.1. The van der Waals surface area contributed by atoms with E-state index in [0.29, 0.717) is 12.1 Å². The van der Waals surface area contributed by atoms with E-state index in [1.165, 1.54) is 5.69 Å². The molecule has 2 N–H and O–H groups in total. The van der Waals surface area contributed by atoms with Crippen molar-refractivity contribution >= 4 is 28.8 Å². The van der Waals surface area contributed by atoms with Crippen molar-refractivity contribution in [2.45, 2.75) is 26.7 Å². The molecule has 0 fully saturated rings. The number of carbonyl (C=O) groups is 1. The molecule has 1 aromatic heterocycles. The average molecular weight is 389 g/mol. The number of aromatic nitrogens is 1. The summed E-state index contributed by atoms with van der Waals surface area (Å²) in [5.74, 6) is 0.728. The van der Waals surface area contributed by atoms with Crippen molar-refractivity contribution in [3.63, 3.8) is 0 Å². The maximum absolute atomic E-state index is 12.1. The van der Waals surface area contributed by atoms with Gasteiger partial charge in [-0.3, -0.25) is 4.79 Å². The first-order valence-electron chi connectivity index (χ1n) is 10.1. The fourth-order valence-corrected chi connectivity index (χ4v) is 3.16. The molecule has 0 aliphatic carbocycles. The molecule has 0 saturated heterocycles. The van der Waals surface area contributed by atoms with Crippen LogP contribution in [0.3, 0.4) is 0 Å². The third kappa shape index (κ3) is 6.07. The van der Waals surface area contributed by atoms with Crippen molar-refractivity contribution in [1.82, 2.24) is 4.98 Å². The topological polar surface area (TPSA) is 57.3 Å². The first-order valence-corrected chi connectivity index (χ1v) is 10.1. The molecule has 2 aromatic carbocycles. The second-order valence-electron chi connectivity index (χ2n) is 6.81. The summed E-state index contributed by atoms with van der Waals surface area (Å²) >= 11 is 0. The van der Waals surface area contributed by atoms with Gasteiger partial charge in [-0.25, -0.2) is 4.98 Å². The van der Waals surface area contributed by atoms with Crippen molar-refractivity contribution < 1.29 is 4.79 Å². The van der Waals surface area contributed by atoms with E-state index in [0.717, 1.165) is 36.6 Å². The monoisotopic (exact) mass is 388 g/mol. The van der Waals surface area contributed by atoms with Crippen LogP contribution >= 0.6 is 0 Å². The molecular weight excluding hydrogens is 360 g/mol. The molecule has 0 aliphatic heterocycles. The Labute approximate surface area is 172 Å². The van der Waals surface area contributed by atoms with Crippen molar-refractivity contribution in [2.24, 2.45) is 0 Å². The van der Waals surface area contributed by atoms with Crippen LogP contribution in [0.4, 0.5) is 22.9 Å². The molecule has 5 nitrogen and oxygen atoms in total. The molecule has 0 aliphatic rings. The molecule has 29 heavy (non-hydrogen) atoms. The number of benzene rings is 2. The Morgan fingerprint density at radius 1 is 0.897 bits per heavy atom. The van der Waals surface area contributed by atoms with E-state index < -0.39 is 0 Å². The number of pyridine rings is 1. The number of hydrogen-bond acceptors (Lipinski definition) is 4. The molecule has 0 saturated carbocycles. The minimum absolute atomic E-state index is 0.0108. The van der Waals surface area contributed by atoms with E-state index >= 15 is 0 Å². The summed E-state index contributed by atoms with van der Waals surface area (Å²) < 4.78 is 0. The predicted molar refractivity (Wildman–Crippen MR) is 121 cm³/mol. The Bertz CT molecular complexity index is 888. The second kappa shape index (κ2) is 10.3. The number of hydrogen-bond donors (Lipinski definition) is 2. The van der Waals surface area contributed by atoms with Gasteiger partial charge >= 0.3 is 0 Å². The van der Waals surface area contributed by atoms with Crippen LogP contribution in [-0.4, -0.2) is 24.0 Å². The van der Waals surface area contributed by atoms with Gasteiger partial charge in [-0.05, 0) is 62.2 Å². The Morgan fingerprint density at radius 2 is 1.59 bits per heavy atom. The molecule has 0 radical (unpaired) electrons. The quantitative estimate of drug-likeness (QED) is 0.526. The molecule has 150 valence electrons. The lowest BCUT2D eigenvalue weighted by Gasteiger charge is -2.21. The van der Waals surface area contributed by atoms with Gasteiger partial charge in [-0.15, -0.1) is 0 Å². The summed E-state index contributed by atoms with van der Waals surface area (Å²) in [5, 5.41) is 6.19. The van der Waals surface area contributed by atoms with Gasteiger partial charge in [0.15, 0.2) is 0 Å². The van der Waals surface area contributed by atoms with Gasteiger partial charge in [0.2, 0.25) is 5.91 Å². The van der Waals surface area contributed by atoms with Crippen LogP contribution in [0, 0.1) is 0 Å². The van der Waals surface area contributed by atoms with Gasteiger partial charge in [0, 0.05) is 30.9 Å². The van der Waals surface area contributed by atoms with Crippen molar-refractivity contribution in [1.29, 1.82) is 0 Å². The molecule has 0 bridgehead atoms. The molecule has 3 aromatic rings. The maximum atomic E-state index is 12.1. The van der Waals surface area contributed by atoms with Crippen LogP contribution in [0.25, 0.3) is 0 Å². The summed E-state index contributed by atoms with van der Waals surface area (Å²) in [6.45, 7) is 6.29. The van der Waals surface area contributed by atoms with E-state index in [1.54, 1.807) is 6.20 Å². The molecular formula is C24H28N4O. The SMILES string of the molecule is CCN(CC)c1ccc(Nc2ccc(NC(=O)CCc3ccccc3)cn2)cc1. The van der Waals surface area contributed by atoms with E-state index in [-0.39, 0.29) is 5.91 Å². The standard InChI is InChI=1S/C24H28N4O/c1-3-28(4-2)22-14-11-20(12-15-22)26-23-16-13-21(18-25-23)27-24(29)17-10-19-8-6-5-7-9-19/h5-9,11-16,18H,3-4,10,17H2,1-2H3,(H,25,26)(H,27,29). The first-order chi connectivity index (χ1) is 14.2. The van der Waals surface area contributed by atoms with Crippen LogP contribution in [0.2, 0.25) is 0 Å². The van der Waals surface area contributed by atoms with Crippen molar-refractivity contribution in [3.8, 4) is 0 Å². The fraction of sp³-hybridized carbons (Fsp3) is 0.250. The van der Waals surface area contributed by atoms with Crippen LogP contribution in [0.15, 0.2) is 72.9 Å². The third-order valence-corrected chi connectivity index (χ3v) is 4.80. The molecule has 1 heterocycles. The zero-order valence-electron chi connectivity index (χ0n) is 17.1. The highest BCUT2D eigenvalue weighted by atomic mass is 16.1. The van der Waals surface area contributed by atoms with E-state index in [4.69, 9.17) is 0 Å². The molecule has 0 unspecified atom stereocenters. The van der Waals surface area contributed by atoms with Gasteiger partial charge in [-0.1, -0.05) is 30.3 Å². The Kier molecular flexibility index (Phi) is 7.22. The maximum Gasteiger partial charge on any atom is 0.224 e. The minimum atomic E-state index is -0.0108. The van der Waals surface area contributed by atoms with Crippen LogP contribution in [0.5, 0.6) is 0 Å². The van der Waals surface area contributed by atoms with Crippen LogP contribution in [0.1, 0.15) is 25.8 Å². The summed E-state index contributed by atoms with van der Waals surface area (Å²) in [7, 11) is 0. The number of nitrogens with one attached hydrogen (secondary N) is 2. The molecule has 3 rings (SSSR count). The summed E-state index contributed by atoms with van der Waals surface area (Å²) in [5.41, 5.74) is 4.05. The highest BCUT2D eigenvalue weighted by Crippen LogP contribution is 2.21. The van der Waals surface area contributed by atoms with Crippen LogP contribution in [-0.2, 0) is 11.2 Å². The number of anilines is 4. The summed E-state index contributed by atoms with van der Waals surface area (Å²) in [6, 6.07) is 22.1. The number of amides is 1. The number of aryl methyl sites for hydroxylation is 1. The van der Waals surface area contributed by atoms with Crippen molar-refractivity contribution in [2.75, 3.05) is 28.6 Å². The lowest BCUT2D eigenvalue weighted by molar-refractivity contribution is -0.116. The van der Waals surface area contributed by atoms with Gasteiger partial charge in [0.05, 0.1) is 11.9 Å². The second-order valence-corrected chi connectivity index (χ2v) is 6.81. The predicted octanol–water partition coefficient (Wildman–Crippen LogP) is 5.24. The molecule has 5 heteroatoms. The highest BCUT2D eigenvalue weighted by Gasteiger charge is 2.05. The number of carbonyl (C=O) groups excluding carboxylic acids is 1. The molecule has 0 atom stereocenters. The first kappa shape index (κ1) is 20.4. The van der Waals surface area contributed by atoms with Crippen LogP contribution < -0.4 is 15.5 Å². The largest absolute Gasteiger partial charge is 0.372 e. The minimum Gasteiger partial charge on any atom is -0.372 e. The van der Waals surface area contributed by atoms with Crippen molar-refractivity contribution in [3.05, 3.63) is 78.5 Å². The smallest absolute Gasteiger partial charge is 0.224 e. The van der Waals surface area contributed by atoms with Gasteiger partial charge < -0.3 is 15.5 Å². The normalized spacial score (nSPS) is 10.4. The van der Waals surface area contributed by atoms with Gasteiger partial charge in [0.1, 0.15) is 5.82 Å². The Hall–Kier alpha value is -3.34. The Balaban J connectivity index is 1.51. The lowest BCUT2D eigenvalue weighted by Crippen LogP contribution is -2.21. The number of nitrogens with zero attached hydrogens (tertiary/aromatic N) is 2. The zero-order chi connectivity index (χ0) is 20.5. The van der Waals surface area contributed by atoms with E-state index in [1.807, 2.05) is 42.5 Å². The summed E-state index contributed by atoms with van der Waals surface area (Å²) in [4.78, 5) is 18.8. The Morgan fingerprint density at radius 3 is 2.21 bits per heavy atom. The lowest BCUT2D eigenvalue weighted by atomic mass is 10.1. The average Bonchev–Trinajstić information content (AvgIpc) is 2.76. The van der Waals surface area contributed by atoms with Gasteiger partial charge in [-0.2, -0.15) is 0 Å². The highest BCUT2D eigenvalue weighted by molar-refractivity contribution is 5.90. The van der Waals surface area contributed by atoms with E-state index in [2.05, 4.69) is 58.6 Å². The fourth-order valence-electron chi connectivity index (χ4n) is 3.16. The molecule has 0 spiro atoms. The number of rotatable bonds is 9. The van der Waals surface area contributed by atoms with E-state index in [9.17, 15) is 4.79 Å². The third-order valence-electron chi connectivity index (χ3n) is 4.80. The summed E-state index contributed by atoms with van der Waals surface area (Å²) in [6.07, 6.45) is 2.85. The molecule has 1 amide bonds. The van der Waals surface area contributed by atoms with Gasteiger partial charge in [0.25, 0.3) is 0 Å².